The van der Waals surface area contributed by atoms with Gasteiger partial charge >= 0.3 is 0 Å². The van der Waals surface area contributed by atoms with Crippen LogP contribution in [-0.4, -0.2) is 15.0 Å². The molecule has 0 saturated heterocycles. The van der Waals surface area contributed by atoms with Crippen molar-refractivity contribution in [3.63, 3.8) is 0 Å². The third-order valence-corrected chi connectivity index (χ3v) is 2.21. The zero-order chi connectivity index (χ0) is 11.5. The zero-order valence-corrected chi connectivity index (χ0v) is 9.38. The number of anilines is 1. The molecular weight excluding hydrogens is 200 g/mol. The smallest absolute Gasteiger partial charge is 0.134 e. The van der Waals surface area contributed by atoms with Gasteiger partial charge in [-0.05, 0) is 12.1 Å². The van der Waals surface area contributed by atoms with Crippen LogP contribution in [0.3, 0.4) is 0 Å². The molecule has 82 valence electrons. The quantitative estimate of drug-likeness (QED) is 0.832. The summed E-state index contributed by atoms with van der Waals surface area (Å²) in [6.07, 6.45) is 1.74. The predicted molar refractivity (Wildman–Crippen MR) is 63.8 cm³/mol. The summed E-state index contributed by atoms with van der Waals surface area (Å²) < 4.78 is 0. The van der Waals surface area contributed by atoms with Gasteiger partial charge in [-0.3, -0.25) is 4.98 Å². The number of rotatable bonds is 2. The number of hydrogen-bond acceptors (Lipinski definition) is 4. The maximum absolute atomic E-state index is 5.76. The Kier molecular flexibility index (Phi) is 2.81. The number of nitrogens with two attached hydrogens (primary N) is 1. The summed E-state index contributed by atoms with van der Waals surface area (Å²) in [5, 5.41) is 0. The fourth-order valence-electron chi connectivity index (χ4n) is 1.39. The molecule has 2 heterocycles. The van der Waals surface area contributed by atoms with Gasteiger partial charge in [-0.2, -0.15) is 0 Å². The average Bonchev–Trinajstić information content (AvgIpc) is 2.29. The summed E-state index contributed by atoms with van der Waals surface area (Å²) in [5.74, 6) is 1.49. The van der Waals surface area contributed by atoms with E-state index in [2.05, 4.69) is 15.0 Å². The minimum absolute atomic E-state index is 0.256. The van der Waals surface area contributed by atoms with Gasteiger partial charge in [0, 0.05) is 18.2 Å². The highest BCUT2D eigenvalue weighted by Gasteiger charge is 2.08. The molecule has 4 heteroatoms. The fraction of sp³-hybridized carbons (Fsp3) is 0.250. The van der Waals surface area contributed by atoms with E-state index in [4.69, 9.17) is 5.73 Å². The standard InChI is InChI=1S/C12H14N4/c1-8(2)12-15-10(7-11(13)16-12)9-5-3-4-6-14-9/h3-8H,1-2H3,(H2,13,15,16). The Balaban J connectivity index is 2.50. The zero-order valence-electron chi connectivity index (χ0n) is 9.38. The van der Waals surface area contributed by atoms with Gasteiger partial charge in [-0.25, -0.2) is 9.97 Å². The van der Waals surface area contributed by atoms with Crippen molar-refractivity contribution in [2.45, 2.75) is 19.8 Å². The monoisotopic (exact) mass is 214 g/mol. The molecule has 0 fully saturated rings. The second kappa shape index (κ2) is 4.26. The van der Waals surface area contributed by atoms with E-state index in [0.717, 1.165) is 17.2 Å². The lowest BCUT2D eigenvalue weighted by Gasteiger charge is -2.07. The van der Waals surface area contributed by atoms with Gasteiger partial charge in [0.1, 0.15) is 11.6 Å². The molecule has 0 atom stereocenters. The molecule has 2 N–H and O–H groups in total. The summed E-state index contributed by atoms with van der Waals surface area (Å²) in [4.78, 5) is 12.9. The van der Waals surface area contributed by atoms with Crippen LogP contribution in [0.1, 0.15) is 25.6 Å². The van der Waals surface area contributed by atoms with Crippen molar-refractivity contribution in [2.24, 2.45) is 0 Å². The van der Waals surface area contributed by atoms with Crippen molar-refractivity contribution in [2.75, 3.05) is 5.73 Å². The van der Waals surface area contributed by atoms with E-state index in [1.807, 2.05) is 32.0 Å². The number of pyridine rings is 1. The lowest BCUT2D eigenvalue weighted by Crippen LogP contribution is -2.03. The van der Waals surface area contributed by atoms with Gasteiger partial charge in [-0.1, -0.05) is 19.9 Å². The topological polar surface area (TPSA) is 64.7 Å². The highest BCUT2D eigenvalue weighted by Crippen LogP contribution is 2.19. The number of nitrogens with zero attached hydrogens (tertiary/aromatic N) is 3. The van der Waals surface area contributed by atoms with Crippen LogP contribution in [0.5, 0.6) is 0 Å². The predicted octanol–water partition coefficient (Wildman–Crippen LogP) is 2.24. The lowest BCUT2D eigenvalue weighted by molar-refractivity contribution is 0.778. The minimum Gasteiger partial charge on any atom is -0.384 e. The van der Waals surface area contributed by atoms with E-state index < -0.39 is 0 Å². The maximum Gasteiger partial charge on any atom is 0.134 e. The minimum atomic E-state index is 0.256. The van der Waals surface area contributed by atoms with Crippen molar-refractivity contribution >= 4 is 5.82 Å². The molecule has 0 bridgehead atoms. The van der Waals surface area contributed by atoms with Gasteiger partial charge in [0.2, 0.25) is 0 Å². The first-order chi connectivity index (χ1) is 7.66. The Bertz CT molecular complexity index is 480. The number of aromatic nitrogens is 3. The second-order valence-electron chi connectivity index (χ2n) is 3.91. The average molecular weight is 214 g/mol. The van der Waals surface area contributed by atoms with Crippen LogP contribution in [0.4, 0.5) is 5.82 Å². The first-order valence-corrected chi connectivity index (χ1v) is 5.22. The normalized spacial score (nSPS) is 10.7. The Labute approximate surface area is 94.6 Å². The molecule has 0 unspecified atom stereocenters. The highest BCUT2D eigenvalue weighted by atomic mass is 15.0. The van der Waals surface area contributed by atoms with E-state index in [9.17, 15) is 0 Å². The molecule has 0 radical (unpaired) electrons. The van der Waals surface area contributed by atoms with Gasteiger partial charge < -0.3 is 5.73 Å². The van der Waals surface area contributed by atoms with E-state index in [-0.39, 0.29) is 5.92 Å². The molecule has 2 aromatic heterocycles. The number of nitrogen functional groups attached to an aromatic ring is 1. The first-order valence-electron chi connectivity index (χ1n) is 5.22. The van der Waals surface area contributed by atoms with Crippen molar-refractivity contribution in [3.8, 4) is 11.4 Å². The Morgan fingerprint density at radius 3 is 2.56 bits per heavy atom. The number of hydrogen-bond donors (Lipinski definition) is 1. The Morgan fingerprint density at radius 1 is 1.12 bits per heavy atom. The van der Waals surface area contributed by atoms with Crippen LogP contribution in [-0.2, 0) is 0 Å². The molecule has 0 spiro atoms. The van der Waals surface area contributed by atoms with Gasteiger partial charge in [-0.15, -0.1) is 0 Å². The molecule has 0 aromatic carbocycles. The SMILES string of the molecule is CC(C)c1nc(N)cc(-c2ccccn2)n1. The largest absolute Gasteiger partial charge is 0.384 e. The fourth-order valence-corrected chi connectivity index (χ4v) is 1.39. The van der Waals surface area contributed by atoms with Crippen molar-refractivity contribution in [1.29, 1.82) is 0 Å². The summed E-state index contributed by atoms with van der Waals surface area (Å²) >= 11 is 0. The molecule has 0 aliphatic heterocycles. The van der Waals surface area contributed by atoms with E-state index in [1.54, 1.807) is 12.3 Å². The van der Waals surface area contributed by atoms with Crippen LogP contribution >= 0.6 is 0 Å². The molecule has 16 heavy (non-hydrogen) atoms. The Hall–Kier alpha value is -1.97. The summed E-state index contributed by atoms with van der Waals surface area (Å²) in [6.45, 7) is 4.08. The van der Waals surface area contributed by atoms with Crippen LogP contribution in [0, 0.1) is 0 Å². The summed E-state index contributed by atoms with van der Waals surface area (Å²) in [5.41, 5.74) is 7.35. The van der Waals surface area contributed by atoms with Crippen LogP contribution in [0.15, 0.2) is 30.5 Å². The van der Waals surface area contributed by atoms with E-state index >= 15 is 0 Å². The van der Waals surface area contributed by atoms with E-state index in [0.29, 0.717) is 5.82 Å². The van der Waals surface area contributed by atoms with Crippen LogP contribution in [0.25, 0.3) is 11.4 Å². The van der Waals surface area contributed by atoms with Gasteiger partial charge in [0.15, 0.2) is 0 Å². The highest BCUT2D eigenvalue weighted by molar-refractivity contribution is 5.57. The molecule has 0 saturated carbocycles. The van der Waals surface area contributed by atoms with Crippen LogP contribution < -0.4 is 5.73 Å². The van der Waals surface area contributed by atoms with Gasteiger partial charge in [0.05, 0.1) is 11.4 Å². The first kappa shape index (κ1) is 10.5. The molecule has 0 aliphatic rings. The van der Waals surface area contributed by atoms with Crippen molar-refractivity contribution < 1.29 is 0 Å². The van der Waals surface area contributed by atoms with Gasteiger partial charge in [0.25, 0.3) is 0 Å². The third kappa shape index (κ3) is 2.16. The summed E-state index contributed by atoms with van der Waals surface area (Å²) in [6, 6.07) is 7.45. The molecular formula is C12H14N4. The second-order valence-corrected chi connectivity index (χ2v) is 3.91. The molecule has 0 amide bonds. The molecule has 4 nitrogen and oxygen atoms in total. The Morgan fingerprint density at radius 2 is 1.94 bits per heavy atom. The summed E-state index contributed by atoms with van der Waals surface area (Å²) in [7, 11) is 0. The van der Waals surface area contributed by atoms with Crippen molar-refractivity contribution in [3.05, 3.63) is 36.3 Å². The third-order valence-electron chi connectivity index (χ3n) is 2.21. The van der Waals surface area contributed by atoms with Crippen LogP contribution in [0.2, 0.25) is 0 Å². The van der Waals surface area contributed by atoms with Crippen molar-refractivity contribution in [1.82, 2.24) is 15.0 Å². The molecule has 2 rings (SSSR count). The maximum atomic E-state index is 5.76. The molecule has 2 aromatic rings. The molecule has 0 aliphatic carbocycles. The lowest BCUT2D eigenvalue weighted by atomic mass is 10.2. The van der Waals surface area contributed by atoms with E-state index in [1.165, 1.54) is 0 Å².